The summed E-state index contributed by atoms with van der Waals surface area (Å²) in [6, 6.07) is 0. The number of carboxylic acid groups (broad SMARTS) is 1. The Kier molecular flexibility index (Phi) is 2.44. The highest BCUT2D eigenvalue weighted by atomic mass is 16.4. The fourth-order valence-corrected chi connectivity index (χ4v) is 2.89. The van der Waals surface area contributed by atoms with E-state index in [0.717, 1.165) is 19.3 Å². The van der Waals surface area contributed by atoms with E-state index in [-0.39, 0.29) is 5.92 Å². The minimum Gasteiger partial charge on any atom is -0.481 e. The molecule has 2 aliphatic rings. The molecule has 0 aromatic rings. The van der Waals surface area contributed by atoms with Gasteiger partial charge in [0.2, 0.25) is 0 Å². The Morgan fingerprint density at radius 2 is 2.50 bits per heavy atom. The van der Waals surface area contributed by atoms with Gasteiger partial charge in [-0.15, -0.1) is 6.58 Å². The van der Waals surface area contributed by atoms with Crippen LogP contribution in [0, 0.1) is 17.8 Å². The first-order valence-electron chi connectivity index (χ1n) is 5.24. The number of hydrogen-bond acceptors (Lipinski definition) is 1. The number of rotatable bonds is 4. The van der Waals surface area contributed by atoms with Gasteiger partial charge in [-0.05, 0) is 37.5 Å². The summed E-state index contributed by atoms with van der Waals surface area (Å²) in [6.45, 7) is 3.64. The second kappa shape index (κ2) is 3.60. The van der Waals surface area contributed by atoms with E-state index in [0.29, 0.717) is 18.3 Å². The molecule has 0 aromatic heterocycles. The highest BCUT2D eigenvalue weighted by molar-refractivity contribution is 5.71. The van der Waals surface area contributed by atoms with Crippen LogP contribution in [0.15, 0.2) is 24.3 Å². The molecule has 2 nitrogen and oxygen atoms in total. The lowest BCUT2D eigenvalue weighted by Crippen LogP contribution is -2.26. The first-order valence-corrected chi connectivity index (χ1v) is 5.24. The molecule has 1 fully saturated rings. The molecule has 1 saturated carbocycles. The number of carbonyl (C=O) groups is 1. The minimum absolute atomic E-state index is 0.205. The van der Waals surface area contributed by atoms with Crippen molar-refractivity contribution in [1.29, 1.82) is 0 Å². The normalized spacial score (nSPS) is 31.3. The van der Waals surface area contributed by atoms with E-state index in [1.807, 2.05) is 0 Å². The van der Waals surface area contributed by atoms with Crippen LogP contribution < -0.4 is 0 Å². The van der Waals surface area contributed by atoms with E-state index in [9.17, 15) is 4.79 Å². The summed E-state index contributed by atoms with van der Waals surface area (Å²) < 4.78 is 0. The van der Waals surface area contributed by atoms with Crippen LogP contribution in [0.3, 0.4) is 0 Å². The van der Waals surface area contributed by atoms with Crippen LogP contribution in [0.2, 0.25) is 0 Å². The summed E-state index contributed by atoms with van der Waals surface area (Å²) in [4.78, 5) is 11.1. The van der Waals surface area contributed by atoms with Crippen LogP contribution in [-0.4, -0.2) is 11.1 Å². The van der Waals surface area contributed by atoms with Crippen LogP contribution in [0.5, 0.6) is 0 Å². The molecule has 2 heteroatoms. The molecule has 3 atom stereocenters. The molecule has 0 amide bonds. The largest absolute Gasteiger partial charge is 0.481 e. The molecule has 0 radical (unpaired) electrons. The third-order valence-electron chi connectivity index (χ3n) is 3.59. The Bertz CT molecular complexity index is 291. The Morgan fingerprint density at radius 3 is 2.93 bits per heavy atom. The van der Waals surface area contributed by atoms with Gasteiger partial charge in [0.05, 0.1) is 5.92 Å². The molecule has 0 aromatic carbocycles. The molecule has 2 rings (SSSR count). The molecule has 14 heavy (non-hydrogen) atoms. The maximum atomic E-state index is 11.1. The summed E-state index contributed by atoms with van der Waals surface area (Å²) >= 11 is 0. The quantitative estimate of drug-likeness (QED) is 0.695. The summed E-state index contributed by atoms with van der Waals surface area (Å²) in [5, 5.41) is 9.13. The second-order valence-corrected chi connectivity index (χ2v) is 4.40. The highest BCUT2D eigenvalue weighted by Crippen LogP contribution is 2.48. The lowest BCUT2D eigenvalue weighted by molar-refractivity contribution is -0.144. The van der Waals surface area contributed by atoms with E-state index in [1.165, 1.54) is 5.57 Å². The predicted molar refractivity (Wildman–Crippen MR) is 54.9 cm³/mol. The lowest BCUT2D eigenvalue weighted by Gasteiger charge is -2.24. The second-order valence-electron chi connectivity index (χ2n) is 4.40. The van der Waals surface area contributed by atoms with Gasteiger partial charge >= 0.3 is 5.97 Å². The highest BCUT2D eigenvalue weighted by Gasteiger charge is 2.40. The van der Waals surface area contributed by atoms with Crippen LogP contribution in [-0.2, 0) is 4.79 Å². The smallest absolute Gasteiger partial charge is 0.307 e. The Hall–Kier alpha value is -1.05. The van der Waals surface area contributed by atoms with Crippen molar-refractivity contribution in [3.8, 4) is 0 Å². The number of carboxylic acids is 1. The fourth-order valence-electron chi connectivity index (χ4n) is 2.89. The Balaban J connectivity index is 2.09. The zero-order chi connectivity index (χ0) is 10.1. The molecule has 2 bridgehead atoms. The van der Waals surface area contributed by atoms with Gasteiger partial charge in [-0.2, -0.15) is 0 Å². The molecule has 1 N–H and O–H groups in total. The fraction of sp³-hybridized carbons (Fsp3) is 0.583. The molecular formula is C12H16O2. The van der Waals surface area contributed by atoms with E-state index >= 15 is 0 Å². The van der Waals surface area contributed by atoms with Gasteiger partial charge in [-0.25, -0.2) is 0 Å². The SMILES string of the molecule is C=CCC(C(=O)O)C1CC2=CCC1C2. The molecule has 2 aliphatic carbocycles. The van der Waals surface area contributed by atoms with Crippen molar-refractivity contribution in [2.75, 3.05) is 0 Å². The maximum Gasteiger partial charge on any atom is 0.307 e. The first-order chi connectivity index (χ1) is 6.72. The zero-order valence-corrected chi connectivity index (χ0v) is 8.28. The minimum atomic E-state index is -0.650. The molecule has 3 unspecified atom stereocenters. The van der Waals surface area contributed by atoms with Crippen molar-refractivity contribution in [3.63, 3.8) is 0 Å². The monoisotopic (exact) mass is 192 g/mol. The number of aliphatic carboxylic acids is 1. The molecule has 0 saturated heterocycles. The number of fused-ring (bicyclic) bond motifs is 2. The van der Waals surface area contributed by atoms with Crippen LogP contribution >= 0.6 is 0 Å². The molecule has 0 heterocycles. The summed E-state index contributed by atoms with van der Waals surface area (Å²) in [7, 11) is 0. The zero-order valence-electron chi connectivity index (χ0n) is 8.28. The van der Waals surface area contributed by atoms with E-state index in [4.69, 9.17) is 5.11 Å². The van der Waals surface area contributed by atoms with Crippen molar-refractivity contribution in [1.82, 2.24) is 0 Å². The van der Waals surface area contributed by atoms with Crippen LogP contribution in [0.1, 0.15) is 25.7 Å². The Labute approximate surface area is 84.3 Å². The van der Waals surface area contributed by atoms with Gasteiger partial charge in [-0.1, -0.05) is 17.7 Å². The number of allylic oxidation sites excluding steroid dienone is 3. The maximum absolute atomic E-state index is 11.1. The predicted octanol–water partition coefficient (Wildman–Crippen LogP) is 2.62. The van der Waals surface area contributed by atoms with Gasteiger partial charge in [0.15, 0.2) is 0 Å². The lowest BCUT2D eigenvalue weighted by atomic mass is 9.79. The van der Waals surface area contributed by atoms with Crippen LogP contribution in [0.25, 0.3) is 0 Å². The van der Waals surface area contributed by atoms with Gasteiger partial charge in [0.25, 0.3) is 0 Å². The number of hydrogen-bond donors (Lipinski definition) is 1. The first kappa shape index (κ1) is 9.50. The van der Waals surface area contributed by atoms with Gasteiger partial charge in [0, 0.05) is 0 Å². The van der Waals surface area contributed by atoms with E-state index in [1.54, 1.807) is 6.08 Å². The van der Waals surface area contributed by atoms with Gasteiger partial charge < -0.3 is 5.11 Å². The summed E-state index contributed by atoms with van der Waals surface area (Å²) in [5.41, 5.74) is 1.48. The summed E-state index contributed by atoms with van der Waals surface area (Å²) in [6.07, 6.45) is 7.89. The summed E-state index contributed by atoms with van der Waals surface area (Å²) in [5.74, 6) is 0.114. The average molecular weight is 192 g/mol. The third-order valence-corrected chi connectivity index (χ3v) is 3.59. The van der Waals surface area contributed by atoms with Gasteiger partial charge in [0.1, 0.15) is 0 Å². The average Bonchev–Trinajstić information content (AvgIpc) is 2.74. The Morgan fingerprint density at radius 1 is 1.71 bits per heavy atom. The molecule has 76 valence electrons. The topological polar surface area (TPSA) is 37.3 Å². The van der Waals surface area contributed by atoms with Crippen molar-refractivity contribution in [3.05, 3.63) is 24.3 Å². The van der Waals surface area contributed by atoms with Crippen molar-refractivity contribution in [2.24, 2.45) is 17.8 Å². The third kappa shape index (κ3) is 1.49. The van der Waals surface area contributed by atoms with Crippen LogP contribution in [0.4, 0.5) is 0 Å². The van der Waals surface area contributed by atoms with Crippen molar-refractivity contribution in [2.45, 2.75) is 25.7 Å². The van der Waals surface area contributed by atoms with Crippen molar-refractivity contribution < 1.29 is 9.90 Å². The van der Waals surface area contributed by atoms with Crippen molar-refractivity contribution >= 4 is 5.97 Å². The molecule has 0 spiro atoms. The van der Waals surface area contributed by atoms with E-state index < -0.39 is 5.97 Å². The molecular weight excluding hydrogens is 176 g/mol. The van der Waals surface area contributed by atoms with E-state index in [2.05, 4.69) is 12.7 Å². The molecule has 0 aliphatic heterocycles. The van der Waals surface area contributed by atoms with Gasteiger partial charge in [-0.3, -0.25) is 4.79 Å². The standard InChI is InChI=1S/C12H16O2/c1-2-3-10(12(13)14)11-7-8-4-5-9(11)6-8/h2,4,9-11H,1,3,5-7H2,(H,13,14).